The summed E-state index contributed by atoms with van der Waals surface area (Å²) < 4.78 is 0. The highest BCUT2D eigenvalue weighted by Crippen LogP contribution is 2.37. The summed E-state index contributed by atoms with van der Waals surface area (Å²) in [5.41, 5.74) is 1.65. The van der Waals surface area contributed by atoms with Crippen molar-refractivity contribution in [3.8, 4) is 0 Å². The molecule has 104 valence electrons. The molecule has 1 N–H and O–H groups in total. The normalized spacial score (nSPS) is 12.2. The number of nitro benzene ring substituents is 1. The molecule has 0 aliphatic rings. The zero-order chi connectivity index (χ0) is 14.7. The van der Waals surface area contributed by atoms with Gasteiger partial charge < -0.3 is 5.11 Å². The van der Waals surface area contributed by atoms with Crippen LogP contribution < -0.4 is 0 Å². The van der Waals surface area contributed by atoms with E-state index in [1.54, 1.807) is 19.1 Å². The molecule has 1 unspecified atom stereocenters. The summed E-state index contributed by atoms with van der Waals surface area (Å²) in [6.07, 6.45) is -0.716. The molecule has 0 aromatic heterocycles. The Hall–Kier alpha value is -1.85. The maximum absolute atomic E-state index is 11.2. The Kier molecular flexibility index (Phi) is 4.42. The fourth-order valence-corrected chi connectivity index (χ4v) is 2.80. The molecule has 5 heteroatoms. The van der Waals surface area contributed by atoms with Crippen molar-refractivity contribution in [3.05, 3.63) is 63.7 Å². The van der Waals surface area contributed by atoms with Crippen molar-refractivity contribution >= 4 is 17.4 Å². The van der Waals surface area contributed by atoms with Gasteiger partial charge in [-0.05, 0) is 37.1 Å². The van der Waals surface area contributed by atoms with Crippen molar-refractivity contribution in [1.82, 2.24) is 0 Å². The van der Waals surface area contributed by atoms with E-state index in [1.165, 1.54) is 17.8 Å². The first-order valence-electron chi connectivity index (χ1n) is 6.19. The van der Waals surface area contributed by atoms with Crippen LogP contribution in [0.4, 0.5) is 5.69 Å². The molecule has 0 fully saturated rings. The number of aryl methyl sites for hydroxylation is 1. The Balaban J connectivity index is 2.41. The molecule has 20 heavy (non-hydrogen) atoms. The second-order valence-corrected chi connectivity index (χ2v) is 5.61. The van der Waals surface area contributed by atoms with E-state index in [-0.39, 0.29) is 5.69 Å². The van der Waals surface area contributed by atoms with Crippen LogP contribution in [-0.4, -0.2) is 10.0 Å². The zero-order valence-corrected chi connectivity index (χ0v) is 12.1. The molecule has 0 saturated heterocycles. The maximum Gasteiger partial charge on any atom is 0.283 e. The van der Waals surface area contributed by atoms with E-state index in [0.717, 1.165) is 10.5 Å². The third-order valence-electron chi connectivity index (χ3n) is 2.98. The molecule has 0 bridgehead atoms. The van der Waals surface area contributed by atoms with Gasteiger partial charge in [0.25, 0.3) is 5.69 Å². The molecule has 0 radical (unpaired) electrons. The fraction of sp³-hybridized carbons (Fsp3) is 0.200. The maximum atomic E-state index is 11.2. The number of aliphatic hydroxyl groups excluding tert-OH is 1. The first-order valence-corrected chi connectivity index (χ1v) is 7.00. The number of nitro groups is 1. The molecule has 0 amide bonds. The van der Waals surface area contributed by atoms with Gasteiger partial charge in [0.15, 0.2) is 0 Å². The second kappa shape index (κ2) is 6.07. The summed E-state index contributed by atoms with van der Waals surface area (Å²) in [7, 11) is 0. The van der Waals surface area contributed by atoms with Gasteiger partial charge in [-0.25, -0.2) is 0 Å². The molecular weight excluding hydrogens is 274 g/mol. The second-order valence-electron chi connectivity index (χ2n) is 4.53. The predicted octanol–water partition coefficient (Wildman–Crippen LogP) is 4.11. The van der Waals surface area contributed by atoms with Gasteiger partial charge in [-0.1, -0.05) is 36.0 Å². The van der Waals surface area contributed by atoms with E-state index in [4.69, 9.17) is 0 Å². The van der Waals surface area contributed by atoms with E-state index >= 15 is 0 Å². The first kappa shape index (κ1) is 14.6. The average molecular weight is 289 g/mol. The summed E-state index contributed by atoms with van der Waals surface area (Å²) in [6.45, 7) is 3.56. The van der Waals surface area contributed by atoms with E-state index in [2.05, 4.69) is 0 Å². The van der Waals surface area contributed by atoms with E-state index < -0.39 is 11.0 Å². The molecular formula is C15H15NO3S. The van der Waals surface area contributed by atoms with Gasteiger partial charge in [-0.2, -0.15) is 0 Å². The monoisotopic (exact) mass is 289 g/mol. The lowest BCUT2D eigenvalue weighted by molar-refractivity contribution is -0.387. The number of hydrogen-bond acceptors (Lipinski definition) is 4. The lowest BCUT2D eigenvalue weighted by Crippen LogP contribution is -1.96. The van der Waals surface area contributed by atoms with Crippen LogP contribution in [0.3, 0.4) is 0 Å². The van der Waals surface area contributed by atoms with Crippen molar-refractivity contribution in [1.29, 1.82) is 0 Å². The standard InChI is InChI=1S/C15H15NO3S/c1-10-5-3-4-6-14(10)20-15-8-7-12(11(2)17)9-13(15)16(18)19/h3-9,11,17H,1-2H3. The molecule has 0 heterocycles. The minimum atomic E-state index is -0.716. The van der Waals surface area contributed by atoms with Gasteiger partial charge >= 0.3 is 0 Å². The van der Waals surface area contributed by atoms with Crippen molar-refractivity contribution < 1.29 is 10.0 Å². The fourth-order valence-electron chi connectivity index (χ4n) is 1.81. The molecule has 0 spiro atoms. The molecule has 1 atom stereocenters. The van der Waals surface area contributed by atoms with Crippen molar-refractivity contribution in [2.45, 2.75) is 29.7 Å². The zero-order valence-electron chi connectivity index (χ0n) is 11.2. The van der Waals surface area contributed by atoms with Gasteiger partial charge in [-0.15, -0.1) is 0 Å². The van der Waals surface area contributed by atoms with Gasteiger partial charge in [0.2, 0.25) is 0 Å². The third-order valence-corrected chi connectivity index (χ3v) is 4.22. The Morgan fingerprint density at radius 2 is 1.90 bits per heavy atom. The Bertz CT molecular complexity index is 641. The molecule has 0 aliphatic heterocycles. The van der Waals surface area contributed by atoms with E-state index in [9.17, 15) is 15.2 Å². The lowest BCUT2D eigenvalue weighted by atomic mass is 10.1. The molecule has 2 rings (SSSR count). The van der Waals surface area contributed by atoms with Crippen LogP contribution in [0.1, 0.15) is 24.2 Å². The minimum absolute atomic E-state index is 0.0247. The largest absolute Gasteiger partial charge is 0.389 e. The SMILES string of the molecule is Cc1ccccc1Sc1ccc(C(C)O)cc1[N+](=O)[O-]. The van der Waals surface area contributed by atoms with Crippen LogP contribution in [0, 0.1) is 17.0 Å². The van der Waals surface area contributed by atoms with Crippen LogP contribution in [0.2, 0.25) is 0 Å². The summed E-state index contributed by atoms with van der Waals surface area (Å²) in [4.78, 5) is 12.3. The molecule has 4 nitrogen and oxygen atoms in total. The average Bonchev–Trinajstić information content (AvgIpc) is 2.41. The highest BCUT2D eigenvalue weighted by atomic mass is 32.2. The molecule has 0 saturated carbocycles. The van der Waals surface area contributed by atoms with E-state index in [0.29, 0.717) is 10.5 Å². The Morgan fingerprint density at radius 1 is 1.20 bits per heavy atom. The summed E-state index contributed by atoms with van der Waals surface area (Å²) in [6, 6.07) is 12.6. The summed E-state index contributed by atoms with van der Waals surface area (Å²) in [5.74, 6) is 0. The minimum Gasteiger partial charge on any atom is -0.389 e. The van der Waals surface area contributed by atoms with Crippen molar-refractivity contribution in [2.75, 3.05) is 0 Å². The van der Waals surface area contributed by atoms with Crippen molar-refractivity contribution in [2.24, 2.45) is 0 Å². The van der Waals surface area contributed by atoms with Crippen molar-refractivity contribution in [3.63, 3.8) is 0 Å². The first-order chi connectivity index (χ1) is 9.49. The number of benzene rings is 2. The van der Waals surface area contributed by atoms with Gasteiger partial charge in [0.05, 0.1) is 15.9 Å². The number of rotatable bonds is 4. The molecule has 0 aliphatic carbocycles. The smallest absolute Gasteiger partial charge is 0.283 e. The van der Waals surface area contributed by atoms with Crippen LogP contribution in [0.5, 0.6) is 0 Å². The number of nitrogens with zero attached hydrogens (tertiary/aromatic N) is 1. The lowest BCUT2D eigenvalue weighted by Gasteiger charge is -2.09. The van der Waals surface area contributed by atoms with Gasteiger partial charge in [-0.3, -0.25) is 10.1 Å². The topological polar surface area (TPSA) is 63.4 Å². The van der Waals surface area contributed by atoms with Crippen LogP contribution >= 0.6 is 11.8 Å². The quantitative estimate of drug-likeness (QED) is 0.679. The predicted molar refractivity (Wildman–Crippen MR) is 79.0 cm³/mol. The number of aliphatic hydroxyl groups is 1. The Morgan fingerprint density at radius 3 is 2.50 bits per heavy atom. The van der Waals surface area contributed by atoms with Gasteiger partial charge in [0, 0.05) is 11.0 Å². The highest BCUT2D eigenvalue weighted by molar-refractivity contribution is 7.99. The third kappa shape index (κ3) is 3.18. The summed E-state index contributed by atoms with van der Waals surface area (Å²) >= 11 is 1.37. The molecule has 2 aromatic rings. The van der Waals surface area contributed by atoms with Crippen LogP contribution in [-0.2, 0) is 0 Å². The van der Waals surface area contributed by atoms with Gasteiger partial charge in [0.1, 0.15) is 0 Å². The molecule has 2 aromatic carbocycles. The van der Waals surface area contributed by atoms with Crippen LogP contribution in [0.15, 0.2) is 52.3 Å². The number of hydrogen-bond donors (Lipinski definition) is 1. The Labute approximate surface area is 121 Å². The summed E-state index contributed by atoms with van der Waals surface area (Å²) in [5, 5.41) is 20.7. The van der Waals surface area contributed by atoms with Crippen LogP contribution in [0.25, 0.3) is 0 Å². The van der Waals surface area contributed by atoms with E-state index in [1.807, 2.05) is 31.2 Å². The highest BCUT2D eigenvalue weighted by Gasteiger charge is 2.17.